The van der Waals surface area contributed by atoms with Gasteiger partial charge in [0.25, 0.3) is 11.6 Å². The Kier molecular flexibility index (Phi) is 6.54. The number of nitrogens with zero attached hydrogens (tertiary/aromatic N) is 2. The van der Waals surface area contributed by atoms with Crippen molar-refractivity contribution in [2.45, 2.75) is 6.61 Å². The summed E-state index contributed by atoms with van der Waals surface area (Å²) in [7, 11) is 0. The first-order valence-electron chi connectivity index (χ1n) is 9.00. The molecule has 148 valence electrons. The lowest BCUT2D eigenvalue weighted by Gasteiger charge is -2.10. The van der Waals surface area contributed by atoms with E-state index < -0.39 is 10.8 Å². The fraction of sp³-hybridized carbons (Fsp3) is 0.0435. The molecule has 0 fully saturated rings. The Hall–Kier alpha value is -4.44. The minimum atomic E-state index is -0.621. The number of nitro benzene ring substituents is 1. The number of non-ortho nitro benzene ring substituents is 1. The van der Waals surface area contributed by atoms with E-state index in [4.69, 9.17) is 4.74 Å². The number of para-hydroxylation sites is 1. The van der Waals surface area contributed by atoms with Gasteiger partial charge in [0, 0.05) is 23.4 Å². The fourth-order valence-electron chi connectivity index (χ4n) is 2.64. The third-order valence-corrected chi connectivity index (χ3v) is 4.16. The molecular weight excluding hydrogens is 382 g/mol. The monoisotopic (exact) mass is 399 g/mol. The molecule has 0 saturated heterocycles. The summed E-state index contributed by atoms with van der Waals surface area (Å²) in [5.74, 6) is -0.0820. The molecule has 0 atom stereocenters. The molecule has 0 aliphatic rings. The van der Waals surface area contributed by atoms with Gasteiger partial charge in [-0.2, -0.15) is 5.26 Å². The minimum Gasteiger partial charge on any atom is -0.488 e. The first-order valence-corrected chi connectivity index (χ1v) is 9.00. The molecule has 3 aromatic carbocycles. The summed E-state index contributed by atoms with van der Waals surface area (Å²) in [6, 6.07) is 24.0. The van der Waals surface area contributed by atoms with E-state index in [1.54, 1.807) is 24.3 Å². The predicted molar refractivity (Wildman–Crippen MR) is 113 cm³/mol. The van der Waals surface area contributed by atoms with E-state index in [-0.39, 0.29) is 11.3 Å². The highest BCUT2D eigenvalue weighted by atomic mass is 16.6. The Morgan fingerprint density at radius 2 is 1.70 bits per heavy atom. The molecule has 0 unspecified atom stereocenters. The van der Waals surface area contributed by atoms with Gasteiger partial charge in [0.1, 0.15) is 24.0 Å². The van der Waals surface area contributed by atoms with Crippen molar-refractivity contribution in [3.05, 3.63) is 106 Å². The first-order chi connectivity index (χ1) is 14.6. The molecule has 0 aliphatic heterocycles. The number of rotatable bonds is 7. The van der Waals surface area contributed by atoms with Gasteiger partial charge < -0.3 is 10.1 Å². The van der Waals surface area contributed by atoms with Crippen LogP contribution in [0.15, 0.2) is 84.4 Å². The van der Waals surface area contributed by atoms with E-state index in [2.05, 4.69) is 5.32 Å². The van der Waals surface area contributed by atoms with Crippen LogP contribution < -0.4 is 10.1 Å². The third kappa shape index (κ3) is 5.30. The fourth-order valence-corrected chi connectivity index (χ4v) is 2.64. The highest BCUT2D eigenvalue weighted by molar-refractivity contribution is 6.09. The molecule has 0 aliphatic carbocycles. The lowest BCUT2D eigenvalue weighted by Crippen LogP contribution is -2.13. The molecular formula is C23H17N3O4. The van der Waals surface area contributed by atoms with Crippen LogP contribution in [0.1, 0.15) is 11.1 Å². The number of hydrogen-bond acceptors (Lipinski definition) is 5. The van der Waals surface area contributed by atoms with Gasteiger partial charge in [-0.05, 0) is 29.8 Å². The van der Waals surface area contributed by atoms with Crippen molar-refractivity contribution in [1.82, 2.24) is 0 Å². The second-order valence-corrected chi connectivity index (χ2v) is 6.24. The normalized spacial score (nSPS) is 10.7. The topological polar surface area (TPSA) is 105 Å². The van der Waals surface area contributed by atoms with Crippen LogP contribution in [0.25, 0.3) is 6.08 Å². The summed E-state index contributed by atoms with van der Waals surface area (Å²) < 4.78 is 5.85. The Labute approximate surface area is 173 Å². The SMILES string of the molecule is N#C/C(=C\c1ccccc1OCc1ccccc1)C(=O)Nc1ccc([N+](=O)[O-])cc1. The van der Waals surface area contributed by atoms with Crippen molar-refractivity contribution in [2.24, 2.45) is 0 Å². The summed E-state index contributed by atoms with van der Waals surface area (Å²) in [4.78, 5) is 22.7. The Bertz CT molecular complexity index is 1120. The maximum absolute atomic E-state index is 12.5. The van der Waals surface area contributed by atoms with Crippen LogP contribution in [0.5, 0.6) is 5.75 Å². The molecule has 1 amide bonds. The molecule has 30 heavy (non-hydrogen) atoms. The second kappa shape index (κ2) is 9.66. The number of nitrogens with one attached hydrogen (secondary N) is 1. The van der Waals surface area contributed by atoms with Crippen molar-refractivity contribution in [3.63, 3.8) is 0 Å². The molecule has 0 radical (unpaired) electrons. The molecule has 0 aromatic heterocycles. The molecule has 3 rings (SSSR count). The molecule has 1 N–H and O–H groups in total. The van der Waals surface area contributed by atoms with E-state index in [0.717, 1.165) is 5.56 Å². The van der Waals surface area contributed by atoms with Crippen molar-refractivity contribution in [1.29, 1.82) is 5.26 Å². The lowest BCUT2D eigenvalue weighted by atomic mass is 10.1. The summed E-state index contributed by atoms with van der Waals surface area (Å²) in [5, 5.41) is 22.7. The van der Waals surface area contributed by atoms with Gasteiger partial charge in [-0.1, -0.05) is 48.5 Å². The van der Waals surface area contributed by atoms with Crippen molar-refractivity contribution in [2.75, 3.05) is 5.32 Å². The van der Waals surface area contributed by atoms with Gasteiger partial charge in [0.05, 0.1) is 4.92 Å². The number of hydrogen-bond donors (Lipinski definition) is 1. The van der Waals surface area contributed by atoms with Gasteiger partial charge in [0.15, 0.2) is 0 Å². The van der Waals surface area contributed by atoms with Crippen LogP contribution in [0.3, 0.4) is 0 Å². The molecule has 3 aromatic rings. The summed E-state index contributed by atoms with van der Waals surface area (Å²) in [5.41, 5.74) is 1.72. The third-order valence-electron chi connectivity index (χ3n) is 4.16. The first kappa shape index (κ1) is 20.3. The maximum atomic E-state index is 12.5. The average molecular weight is 399 g/mol. The molecule has 0 heterocycles. The average Bonchev–Trinajstić information content (AvgIpc) is 2.77. The van der Waals surface area contributed by atoms with Gasteiger partial charge >= 0.3 is 0 Å². The number of carbonyl (C=O) groups is 1. The van der Waals surface area contributed by atoms with Crippen LogP contribution in [0, 0.1) is 21.4 Å². The summed E-state index contributed by atoms with van der Waals surface area (Å²) >= 11 is 0. The summed E-state index contributed by atoms with van der Waals surface area (Å²) in [6.45, 7) is 0.350. The lowest BCUT2D eigenvalue weighted by molar-refractivity contribution is -0.384. The number of carbonyl (C=O) groups excluding carboxylic acids is 1. The van der Waals surface area contributed by atoms with E-state index in [1.165, 1.54) is 30.3 Å². The standard InChI is InChI=1S/C23H17N3O4/c24-15-19(23(27)25-20-10-12-21(13-11-20)26(28)29)14-18-8-4-5-9-22(18)30-16-17-6-2-1-3-7-17/h1-14H,16H2,(H,25,27)/b19-14+. The van der Waals surface area contributed by atoms with Crippen molar-refractivity contribution < 1.29 is 14.5 Å². The quantitative estimate of drug-likeness (QED) is 0.268. The largest absolute Gasteiger partial charge is 0.488 e. The highest BCUT2D eigenvalue weighted by Gasteiger charge is 2.12. The number of ether oxygens (including phenoxy) is 1. The Morgan fingerprint density at radius 1 is 1.03 bits per heavy atom. The minimum absolute atomic E-state index is 0.0893. The zero-order chi connectivity index (χ0) is 21.3. The van der Waals surface area contributed by atoms with Crippen LogP contribution in [-0.4, -0.2) is 10.8 Å². The van der Waals surface area contributed by atoms with Gasteiger partial charge in [-0.25, -0.2) is 0 Å². The molecule has 0 bridgehead atoms. The van der Waals surface area contributed by atoms with Crippen LogP contribution >= 0.6 is 0 Å². The van der Waals surface area contributed by atoms with E-state index in [1.807, 2.05) is 36.4 Å². The van der Waals surface area contributed by atoms with E-state index >= 15 is 0 Å². The molecule has 0 saturated carbocycles. The maximum Gasteiger partial charge on any atom is 0.269 e. The number of nitro groups is 1. The smallest absolute Gasteiger partial charge is 0.269 e. The van der Waals surface area contributed by atoms with E-state index in [0.29, 0.717) is 23.6 Å². The number of anilines is 1. The van der Waals surface area contributed by atoms with Crippen molar-refractivity contribution >= 4 is 23.4 Å². The second-order valence-electron chi connectivity index (χ2n) is 6.24. The van der Waals surface area contributed by atoms with Crippen LogP contribution in [0.2, 0.25) is 0 Å². The number of nitriles is 1. The molecule has 7 nitrogen and oxygen atoms in total. The zero-order valence-corrected chi connectivity index (χ0v) is 15.8. The van der Waals surface area contributed by atoms with Crippen LogP contribution in [-0.2, 0) is 11.4 Å². The number of benzene rings is 3. The van der Waals surface area contributed by atoms with Gasteiger partial charge in [0.2, 0.25) is 0 Å². The molecule has 7 heteroatoms. The van der Waals surface area contributed by atoms with Gasteiger partial charge in [-0.15, -0.1) is 0 Å². The number of amides is 1. The van der Waals surface area contributed by atoms with Crippen molar-refractivity contribution in [3.8, 4) is 11.8 Å². The molecule has 0 spiro atoms. The van der Waals surface area contributed by atoms with E-state index in [9.17, 15) is 20.2 Å². The Morgan fingerprint density at radius 3 is 2.37 bits per heavy atom. The predicted octanol–water partition coefficient (Wildman–Crippen LogP) is 4.72. The zero-order valence-electron chi connectivity index (χ0n) is 15.8. The van der Waals surface area contributed by atoms with Gasteiger partial charge in [-0.3, -0.25) is 14.9 Å². The highest BCUT2D eigenvalue weighted by Crippen LogP contribution is 2.23. The van der Waals surface area contributed by atoms with Crippen LogP contribution in [0.4, 0.5) is 11.4 Å². The summed E-state index contributed by atoms with van der Waals surface area (Å²) in [6.07, 6.45) is 1.45. The Balaban J connectivity index is 1.76.